The molecule has 0 saturated heterocycles. The average Bonchev–Trinajstić information content (AvgIpc) is 3.08. The van der Waals surface area contributed by atoms with Crippen molar-refractivity contribution in [3.8, 4) is 0 Å². The van der Waals surface area contributed by atoms with Crippen LogP contribution < -0.4 is 5.32 Å². The van der Waals surface area contributed by atoms with Gasteiger partial charge in [-0.2, -0.15) is 5.10 Å². The number of aryl methyl sites for hydroxylation is 1. The Bertz CT molecular complexity index is 715. The number of hydrogen-bond donors (Lipinski definition) is 1. The largest absolute Gasteiger partial charge is 0.377 e. The van der Waals surface area contributed by atoms with Gasteiger partial charge in [0, 0.05) is 18.3 Å². The molecule has 0 aliphatic heterocycles. The molecule has 0 saturated carbocycles. The normalized spacial score (nSPS) is 10.8. The van der Waals surface area contributed by atoms with Crippen molar-refractivity contribution in [2.75, 3.05) is 5.32 Å². The summed E-state index contributed by atoms with van der Waals surface area (Å²) in [7, 11) is 1.87. The van der Waals surface area contributed by atoms with E-state index in [0.29, 0.717) is 13.1 Å². The summed E-state index contributed by atoms with van der Waals surface area (Å²) in [6.45, 7) is 1.38. The first-order chi connectivity index (χ1) is 10.2. The molecule has 0 radical (unpaired) electrons. The molecular weight excluding hydrogens is 288 g/mol. The van der Waals surface area contributed by atoms with Crippen molar-refractivity contribution < 1.29 is 0 Å². The predicted molar refractivity (Wildman–Crippen MR) is 81.1 cm³/mol. The lowest BCUT2D eigenvalue weighted by atomic mass is 10.2. The van der Waals surface area contributed by atoms with Crippen molar-refractivity contribution in [1.82, 2.24) is 24.8 Å². The van der Waals surface area contributed by atoms with E-state index in [0.717, 1.165) is 22.0 Å². The number of nitrogens with one attached hydrogen (secondary N) is 1. The van der Waals surface area contributed by atoms with Gasteiger partial charge in [-0.25, -0.2) is 0 Å². The molecule has 0 atom stereocenters. The van der Waals surface area contributed by atoms with Crippen LogP contribution in [0.4, 0.5) is 5.69 Å². The van der Waals surface area contributed by atoms with Gasteiger partial charge in [-0.1, -0.05) is 28.9 Å². The van der Waals surface area contributed by atoms with Crippen LogP contribution in [-0.2, 0) is 20.1 Å². The Kier molecular flexibility index (Phi) is 3.87. The van der Waals surface area contributed by atoms with Gasteiger partial charge in [0.25, 0.3) is 0 Å². The number of rotatable bonds is 5. The van der Waals surface area contributed by atoms with Crippen molar-refractivity contribution in [1.29, 1.82) is 0 Å². The van der Waals surface area contributed by atoms with Crippen LogP contribution in [0.25, 0.3) is 0 Å². The number of benzene rings is 1. The molecule has 6 nitrogen and oxygen atoms in total. The minimum atomic E-state index is 0.663. The van der Waals surface area contributed by atoms with Gasteiger partial charge in [0.1, 0.15) is 0 Å². The molecule has 0 fully saturated rings. The summed E-state index contributed by atoms with van der Waals surface area (Å²) in [6.07, 6.45) is 5.52. The van der Waals surface area contributed by atoms with Crippen LogP contribution in [0, 0.1) is 0 Å². The molecule has 0 aliphatic rings. The highest BCUT2D eigenvalue weighted by molar-refractivity contribution is 6.30. The molecule has 1 aromatic carbocycles. The SMILES string of the molecule is Cn1nncc1CNc1cnn(Cc2ccc(Cl)cc2)c1. The Morgan fingerprint density at radius 2 is 2.00 bits per heavy atom. The maximum atomic E-state index is 5.88. The van der Waals surface area contributed by atoms with Gasteiger partial charge < -0.3 is 5.32 Å². The summed E-state index contributed by atoms with van der Waals surface area (Å²) >= 11 is 5.88. The Morgan fingerprint density at radius 3 is 2.71 bits per heavy atom. The molecular formula is C14H15ClN6. The van der Waals surface area contributed by atoms with E-state index in [1.165, 1.54) is 0 Å². The van der Waals surface area contributed by atoms with E-state index >= 15 is 0 Å². The monoisotopic (exact) mass is 302 g/mol. The highest BCUT2D eigenvalue weighted by Gasteiger charge is 2.02. The minimum absolute atomic E-state index is 0.663. The second-order valence-corrected chi connectivity index (χ2v) is 5.19. The van der Waals surface area contributed by atoms with Crippen molar-refractivity contribution in [2.45, 2.75) is 13.1 Å². The Balaban J connectivity index is 1.61. The van der Waals surface area contributed by atoms with Gasteiger partial charge in [-0.3, -0.25) is 9.36 Å². The molecule has 1 N–H and O–H groups in total. The first-order valence-corrected chi connectivity index (χ1v) is 6.93. The quantitative estimate of drug-likeness (QED) is 0.786. The molecule has 0 spiro atoms. The van der Waals surface area contributed by atoms with E-state index in [-0.39, 0.29) is 0 Å². The Hall–Kier alpha value is -2.34. The van der Waals surface area contributed by atoms with E-state index in [4.69, 9.17) is 11.6 Å². The maximum absolute atomic E-state index is 5.88. The van der Waals surface area contributed by atoms with E-state index in [2.05, 4.69) is 20.7 Å². The highest BCUT2D eigenvalue weighted by Crippen LogP contribution is 2.12. The van der Waals surface area contributed by atoms with Gasteiger partial charge >= 0.3 is 0 Å². The van der Waals surface area contributed by atoms with Crippen LogP contribution in [0.3, 0.4) is 0 Å². The molecule has 0 bridgehead atoms. The summed E-state index contributed by atoms with van der Waals surface area (Å²) in [4.78, 5) is 0. The number of aromatic nitrogens is 5. The second-order valence-electron chi connectivity index (χ2n) is 4.76. The van der Waals surface area contributed by atoms with E-state index in [1.807, 2.05) is 42.2 Å². The third-order valence-electron chi connectivity index (χ3n) is 3.17. The molecule has 0 aliphatic carbocycles. The predicted octanol–water partition coefficient (Wildman–Crippen LogP) is 2.33. The smallest absolute Gasteiger partial charge is 0.0774 e. The van der Waals surface area contributed by atoms with Gasteiger partial charge in [0.05, 0.1) is 36.9 Å². The molecule has 3 aromatic rings. The lowest BCUT2D eigenvalue weighted by Gasteiger charge is -2.03. The number of anilines is 1. The van der Waals surface area contributed by atoms with Crippen molar-refractivity contribution in [3.05, 3.63) is 59.1 Å². The van der Waals surface area contributed by atoms with Crippen LogP contribution in [0.2, 0.25) is 5.02 Å². The molecule has 7 heteroatoms. The average molecular weight is 303 g/mol. The summed E-state index contributed by atoms with van der Waals surface area (Å²) in [5.41, 5.74) is 3.13. The topological polar surface area (TPSA) is 60.6 Å². The van der Waals surface area contributed by atoms with E-state index in [9.17, 15) is 0 Å². The minimum Gasteiger partial charge on any atom is -0.377 e. The van der Waals surface area contributed by atoms with E-state index in [1.54, 1.807) is 17.1 Å². The molecule has 21 heavy (non-hydrogen) atoms. The maximum Gasteiger partial charge on any atom is 0.0774 e. The Labute approximate surface area is 127 Å². The van der Waals surface area contributed by atoms with Crippen LogP contribution >= 0.6 is 11.6 Å². The summed E-state index contributed by atoms with van der Waals surface area (Å²) in [5, 5.41) is 16.1. The van der Waals surface area contributed by atoms with Gasteiger partial charge in [0.15, 0.2) is 0 Å². The van der Waals surface area contributed by atoms with Crippen LogP contribution in [0.1, 0.15) is 11.3 Å². The lowest BCUT2D eigenvalue weighted by Crippen LogP contribution is -2.05. The van der Waals surface area contributed by atoms with Crippen LogP contribution in [-0.4, -0.2) is 24.8 Å². The highest BCUT2D eigenvalue weighted by atomic mass is 35.5. The zero-order chi connectivity index (χ0) is 14.7. The molecule has 2 heterocycles. The van der Waals surface area contributed by atoms with Gasteiger partial charge in [0.2, 0.25) is 0 Å². The zero-order valence-corrected chi connectivity index (χ0v) is 12.3. The summed E-state index contributed by atoms with van der Waals surface area (Å²) in [6, 6.07) is 7.76. The zero-order valence-electron chi connectivity index (χ0n) is 11.6. The molecule has 2 aromatic heterocycles. The second kappa shape index (κ2) is 5.97. The molecule has 0 amide bonds. The fourth-order valence-electron chi connectivity index (χ4n) is 1.98. The van der Waals surface area contributed by atoms with Gasteiger partial charge in [-0.15, -0.1) is 5.10 Å². The standard InChI is InChI=1S/C14H15ClN6/c1-20-14(8-17-19-20)7-16-13-6-18-21(10-13)9-11-2-4-12(15)5-3-11/h2-6,8,10,16H,7,9H2,1H3. The third kappa shape index (κ3) is 3.41. The lowest BCUT2D eigenvalue weighted by molar-refractivity contribution is 0.682. The molecule has 0 unspecified atom stereocenters. The summed E-state index contributed by atoms with van der Waals surface area (Å²) in [5.74, 6) is 0. The fourth-order valence-corrected chi connectivity index (χ4v) is 2.11. The summed E-state index contributed by atoms with van der Waals surface area (Å²) < 4.78 is 3.62. The number of nitrogens with zero attached hydrogens (tertiary/aromatic N) is 5. The third-order valence-corrected chi connectivity index (χ3v) is 3.42. The number of halogens is 1. The van der Waals surface area contributed by atoms with Gasteiger partial charge in [-0.05, 0) is 17.7 Å². The van der Waals surface area contributed by atoms with Crippen molar-refractivity contribution in [2.24, 2.45) is 7.05 Å². The fraction of sp³-hybridized carbons (Fsp3) is 0.214. The first kappa shape index (κ1) is 13.6. The molecule has 108 valence electrons. The first-order valence-electron chi connectivity index (χ1n) is 6.55. The van der Waals surface area contributed by atoms with Crippen LogP contribution in [0.15, 0.2) is 42.9 Å². The Morgan fingerprint density at radius 1 is 1.19 bits per heavy atom. The van der Waals surface area contributed by atoms with E-state index < -0.39 is 0 Å². The van der Waals surface area contributed by atoms with Crippen LogP contribution in [0.5, 0.6) is 0 Å². The van der Waals surface area contributed by atoms with Crippen molar-refractivity contribution in [3.63, 3.8) is 0 Å². The molecule has 3 rings (SSSR count). The number of hydrogen-bond acceptors (Lipinski definition) is 4. The van der Waals surface area contributed by atoms with Crippen molar-refractivity contribution >= 4 is 17.3 Å².